The van der Waals surface area contributed by atoms with E-state index in [1.165, 1.54) is 25.1 Å². The van der Waals surface area contributed by atoms with Crippen LogP contribution in [0.4, 0.5) is 5.69 Å². The molecule has 1 saturated carbocycles. The summed E-state index contributed by atoms with van der Waals surface area (Å²) >= 11 is 0. The van der Waals surface area contributed by atoms with Crippen molar-refractivity contribution in [2.45, 2.75) is 49.9 Å². The molecule has 0 radical (unpaired) electrons. The van der Waals surface area contributed by atoms with E-state index in [1.54, 1.807) is 13.0 Å². The summed E-state index contributed by atoms with van der Waals surface area (Å²) in [5.41, 5.74) is 6.92. The number of aliphatic hydroxyl groups is 3. The van der Waals surface area contributed by atoms with Gasteiger partial charge in [-0.3, -0.25) is 24.1 Å². The van der Waals surface area contributed by atoms with Crippen molar-refractivity contribution in [3.8, 4) is 5.75 Å². The van der Waals surface area contributed by atoms with Crippen LogP contribution in [-0.4, -0.2) is 80.6 Å². The molecule has 6 atom stereocenters. The number of nitrogens with zero attached hydrogens (tertiary/aromatic N) is 1. The predicted molar refractivity (Wildman–Crippen MR) is 135 cm³/mol. The van der Waals surface area contributed by atoms with Gasteiger partial charge >= 0.3 is 5.97 Å². The van der Waals surface area contributed by atoms with Gasteiger partial charge in [-0.25, -0.2) is 0 Å². The molecule has 12 nitrogen and oxygen atoms in total. The fraction of sp³-hybridized carbons (Fsp3) is 0.481. The molecule has 4 aliphatic carbocycles. The smallest absolute Gasteiger partial charge is 0.309 e. The van der Waals surface area contributed by atoms with Crippen molar-refractivity contribution in [3.63, 3.8) is 0 Å². The highest BCUT2D eigenvalue weighted by Gasteiger charge is 2.68. The average molecular weight is 542 g/mol. The van der Waals surface area contributed by atoms with E-state index >= 15 is 0 Å². The van der Waals surface area contributed by atoms with Crippen LogP contribution in [0.3, 0.4) is 0 Å². The van der Waals surface area contributed by atoms with E-state index < -0.39 is 93.3 Å². The molecule has 39 heavy (non-hydrogen) atoms. The zero-order valence-corrected chi connectivity index (χ0v) is 21.7. The summed E-state index contributed by atoms with van der Waals surface area (Å²) in [5, 5.41) is 45.4. The Hall–Kier alpha value is -3.90. The first-order valence-electron chi connectivity index (χ1n) is 12.7. The Bertz CT molecular complexity index is 1390. The van der Waals surface area contributed by atoms with E-state index in [9.17, 15) is 39.6 Å². The first-order valence-corrected chi connectivity index (χ1v) is 12.7. The number of hydrogen-bond acceptors (Lipinski definition) is 11. The van der Waals surface area contributed by atoms with Crippen LogP contribution in [0.2, 0.25) is 0 Å². The molecule has 5 rings (SSSR count). The molecular weight excluding hydrogens is 510 g/mol. The lowest BCUT2D eigenvalue weighted by Crippen LogP contribution is -2.69. The second-order valence-corrected chi connectivity index (χ2v) is 11.1. The number of Topliss-reactive ketones (excluding diaryl/α,β-unsaturated/α-hetero) is 2. The molecule has 0 heterocycles. The van der Waals surface area contributed by atoms with Crippen LogP contribution in [0.25, 0.3) is 0 Å². The predicted octanol–water partition coefficient (Wildman–Crippen LogP) is 0.586. The number of aromatic hydroxyl groups is 1. The molecule has 0 aliphatic heterocycles. The fourth-order valence-corrected chi connectivity index (χ4v) is 6.63. The molecule has 4 aliphatic rings. The lowest BCUT2D eigenvalue weighted by atomic mass is 9.55. The van der Waals surface area contributed by atoms with Crippen molar-refractivity contribution in [1.82, 2.24) is 4.90 Å². The van der Waals surface area contributed by atoms with E-state index in [-0.39, 0.29) is 11.3 Å². The standard InChI is InChI=1S/C27H31N3O9/c1-9-11-7-8-12(28)19(31)14(11)20(32)15-13(9)22(39-26(37)10-5-4-6-10)17-18(30(2)3)21(33)16(25(29)36)24(35)27(17,38)23(15)34/h7-10,13,17-18,22,31,33-34,38H,4-6,28H2,1-3H3,(H2,29,36)/t9-,13-,17+,18-,22-,27-/m1/s1. The molecule has 0 bridgehead atoms. The number of phenolic OH excluding ortho intramolecular Hbond substituents is 1. The monoisotopic (exact) mass is 541 g/mol. The van der Waals surface area contributed by atoms with Crippen molar-refractivity contribution in [2.24, 2.45) is 23.5 Å². The number of nitrogen functional groups attached to an aromatic ring is 1. The maximum absolute atomic E-state index is 13.9. The molecule has 1 aromatic rings. The summed E-state index contributed by atoms with van der Waals surface area (Å²) in [4.78, 5) is 54.4. The Kier molecular flexibility index (Phi) is 6.03. The summed E-state index contributed by atoms with van der Waals surface area (Å²) in [7, 11) is 3.00. The number of hydrogen-bond donors (Lipinski definition) is 6. The van der Waals surface area contributed by atoms with Crippen molar-refractivity contribution >= 4 is 29.1 Å². The van der Waals surface area contributed by atoms with Crippen LogP contribution in [0, 0.1) is 17.8 Å². The van der Waals surface area contributed by atoms with E-state index in [0.717, 1.165) is 6.42 Å². The van der Waals surface area contributed by atoms with E-state index in [4.69, 9.17) is 16.2 Å². The molecule has 0 saturated heterocycles. The number of phenols is 1. The third kappa shape index (κ3) is 3.44. The number of esters is 1. The van der Waals surface area contributed by atoms with E-state index in [2.05, 4.69) is 0 Å². The number of carbonyl (C=O) groups is 4. The summed E-state index contributed by atoms with van der Waals surface area (Å²) in [6.45, 7) is 1.69. The number of ketones is 2. The number of ether oxygens (including phenoxy) is 1. The largest absolute Gasteiger partial charge is 0.510 e. The molecule has 1 aromatic carbocycles. The van der Waals surface area contributed by atoms with Crippen LogP contribution >= 0.6 is 0 Å². The number of carbonyl (C=O) groups excluding carboxylic acids is 4. The molecule has 208 valence electrons. The molecular formula is C27H31N3O9. The highest BCUT2D eigenvalue weighted by Crippen LogP contribution is 2.57. The first kappa shape index (κ1) is 26.7. The fourth-order valence-electron chi connectivity index (χ4n) is 6.63. The lowest BCUT2D eigenvalue weighted by molar-refractivity contribution is -0.185. The third-order valence-corrected chi connectivity index (χ3v) is 8.83. The first-order chi connectivity index (χ1) is 18.2. The van der Waals surface area contributed by atoms with Crippen LogP contribution in [0.5, 0.6) is 5.75 Å². The van der Waals surface area contributed by atoms with Gasteiger partial charge in [0.25, 0.3) is 5.91 Å². The molecule has 0 spiro atoms. The van der Waals surface area contributed by atoms with Gasteiger partial charge in [0.1, 0.15) is 28.9 Å². The highest BCUT2D eigenvalue weighted by molar-refractivity contribution is 6.25. The van der Waals surface area contributed by atoms with Crippen LogP contribution in [0.15, 0.2) is 34.8 Å². The van der Waals surface area contributed by atoms with Gasteiger partial charge < -0.3 is 36.6 Å². The minimum Gasteiger partial charge on any atom is -0.510 e. The Morgan fingerprint density at radius 1 is 1.13 bits per heavy atom. The van der Waals surface area contributed by atoms with Gasteiger partial charge in [0.05, 0.1) is 29.1 Å². The topological polar surface area (TPSA) is 214 Å². The van der Waals surface area contributed by atoms with Crippen LogP contribution in [-0.2, 0) is 19.1 Å². The highest BCUT2D eigenvalue weighted by atomic mass is 16.5. The van der Waals surface area contributed by atoms with Crippen molar-refractivity contribution in [2.75, 3.05) is 19.8 Å². The summed E-state index contributed by atoms with van der Waals surface area (Å²) in [6.07, 6.45) is 0.571. The van der Waals surface area contributed by atoms with Gasteiger partial charge in [0, 0.05) is 11.5 Å². The van der Waals surface area contributed by atoms with E-state index in [0.29, 0.717) is 18.4 Å². The number of anilines is 1. The average Bonchev–Trinajstić information content (AvgIpc) is 2.81. The maximum Gasteiger partial charge on any atom is 0.309 e. The van der Waals surface area contributed by atoms with Gasteiger partial charge in [-0.05, 0) is 44.5 Å². The Labute approximate surface area is 223 Å². The van der Waals surface area contributed by atoms with Gasteiger partial charge in [0.15, 0.2) is 11.4 Å². The van der Waals surface area contributed by atoms with Gasteiger partial charge in [-0.15, -0.1) is 0 Å². The summed E-state index contributed by atoms with van der Waals surface area (Å²) in [6, 6.07) is 1.65. The van der Waals surface area contributed by atoms with Crippen molar-refractivity contribution in [1.29, 1.82) is 0 Å². The molecule has 1 fully saturated rings. The second kappa shape index (κ2) is 8.82. The Morgan fingerprint density at radius 3 is 2.31 bits per heavy atom. The molecule has 1 amide bonds. The summed E-state index contributed by atoms with van der Waals surface area (Å²) < 4.78 is 6.00. The maximum atomic E-state index is 13.9. The van der Waals surface area contributed by atoms with Crippen molar-refractivity contribution < 1.29 is 44.3 Å². The number of fused-ring (bicyclic) bond motifs is 3. The molecule has 0 unspecified atom stereocenters. The zero-order valence-electron chi connectivity index (χ0n) is 21.7. The number of benzene rings is 1. The minimum absolute atomic E-state index is 0.0986. The van der Waals surface area contributed by atoms with Gasteiger partial charge in [0.2, 0.25) is 5.78 Å². The minimum atomic E-state index is -2.97. The molecule has 8 N–H and O–H groups in total. The van der Waals surface area contributed by atoms with Gasteiger partial charge in [-0.2, -0.15) is 0 Å². The van der Waals surface area contributed by atoms with Crippen molar-refractivity contribution in [3.05, 3.63) is 45.9 Å². The number of rotatable bonds is 4. The number of primary amides is 1. The Balaban J connectivity index is 1.82. The van der Waals surface area contributed by atoms with Gasteiger partial charge in [-0.1, -0.05) is 19.4 Å². The number of nitrogens with two attached hydrogens (primary N) is 2. The summed E-state index contributed by atoms with van der Waals surface area (Å²) in [5.74, 6) is -10.3. The normalized spacial score (nSPS) is 32.4. The number of likely N-dealkylation sites (N-methyl/N-ethyl adjacent to an activating group) is 1. The zero-order chi connectivity index (χ0) is 28.7. The quantitative estimate of drug-likeness (QED) is 0.134. The Morgan fingerprint density at radius 2 is 1.77 bits per heavy atom. The van der Waals surface area contributed by atoms with Crippen LogP contribution < -0.4 is 11.5 Å². The molecule has 12 heteroatoms. The lowest BCUT2D eigenvalue weighted by Gasteiger charge is -2.54. The number of amides is 1. The number of aliphatic hydroxyl groups excluding tert-OH is 2. The molecule has 0 aromatic heterocycles. The second-order valence-electron chi connectivity index (χ2n) is 11.1. The van der Waals surface area contributed by atoms with E-state index in [1.807, 2.05) is 0 Å². The van der Waals surface area contributed by atoms with Crippen LogP contribution in [0.1, 0.15) is 48.0 Å². The SMILES string of the molecule is C[C@@H]1c2ccc(N)c(O)c2C(=O)C2=C(O)[C@@]3(O)C(=O)C(C(N)=O)=C(O)[C@H](N(C)C)[C@H]3[C@H](OC(=O)C3CCC3)[C@@H]21. The third-order valence-electron chi connectivity index (χ3n) is 8.83.